The number of ketones is 1. The molecule has 1 aliphatic rings. The number of phenols is 1. The quantitative estimate of drug-likeness (QED) is 0.154. The van der Waals surface area contributed by atoms with Gasteiger partial charge >= 0.3 is 5.91 Å². The lowest BCUT2D eigenvalue weighted by Crippen LogP contribution is -2.29. The minimum Gasteiger partial charge on any atom is -0.507 e. The Morgan fingerprint density at radius 2 is 1.84 bits per heavy atom. The molecular weight excluding hydrogens is 580 g/mol. The molecule has 188 valence electrons. The van der Waals surface area contributed by atoms with E-state index in [4.69, 9.17) is 21.3 Å². The molecular formula is C27H20BrClN2O5S. The van der Waals surface area contributed by atoms with Gasteiger partial charge in [0.25, 0.3) is 5.78 Å². The van der Waals surface area contributed by atoms with E-state index < -0.39 is 17.7 Å². The van der Waals surface area contributed by atoms with Gasteiger partial charge in [-0.1, -0.05) is 29.0 Å². The van der Waals surface area contributed by atoms with Crippen LogP contribution in [0.3, 0.4) is 0 Å². The predicted molar refractivity (Wildman–Crippen MR) is 148 cm³/mol. The minimum absolute atomic E-state index is 0.112. The number of aromatic nitrogens is 1. The third-order valence-corrected chi connectivity index (χ3v) is 8.03. The number of benzene rings is 3. The van der Waals surface area contributed by atoms with Crippen LogP contribution in [0.4, 0.5) is 5.13 Å². The molecule has 5 rings (SSSR count). The van der Waals surface area contributed by atoms with Crippen molar-refractivity contribution >= 4 is 71.7 Å². The number of aromatic hydroxyl groups is 1. The molecule has 2 heterocycles. The monoisotopic (exact) mass is 598 g/mol. The van der Waals surface area contributed by atoms with Gasteiger partial charge < -0.3 is 14.9 Å². The van der Waals surface area contributed by atoms with Crippen LogP contribution >= 0.6 is 38.9 Å². The van der Waals surface area contributed by atoms with Crippen molar-refractivity contribution in [3.05, 3.63) is 85.9 Å². The zero-order chi connectivity index (χ0) is 26.6. The predicted octanol–water partition coefficient (Wildman–Crippen LogP) is 6.67. The molecule has 10 heteroatoms. The van der Waals surface area contributed by atoms with Crippen molar-refractivity contribution in [1.82, 2.24) is 4.98 Å². The van der Waals surface area contributed by atoms with Gasteiger partial charge in [-0.3, -0.25) is 14.5 Å². The summed E-state index contributed by atoms with van der Waals surface area (Å²) in [7, 11) is 1.40. The van der Waals surface area contributed by atoms with Crippen LogP contribution in [-0.4, -0.2) is 34.0 Å². The molecule has 1 saturated heterocycles. The van der Waals surface area contributed by atoms with Crippen molar-refractivity contribution in [1.29, 1.82) is 0 Å². The number of rotatable bonds is 4. The van der Waals surface area contributed by atoms with Crippen LogP contribution in [0, 0.1) is 13.8 Å². The van der Waals surface area contributed by atoms with Crippen LogP contribution in [-0.2, 0) is 9.59 Å². The van der Waals surface area contributed by atoms with Crippen molar-refractivity contribution in [2.45, 2.75) is 19.9 Å². The fourth-order valence-corrected chi connectivity index (χ4v) is 6.23. The number of hydrogen-bond donors (Lipinski definition) is 2. The van der Waals surface area contributed by atoms with Crippen LogP contribution in [0.5, 0.6) is 11.5 Å². The highest BCUT2D eigenvalue weighted by atomic mass is 79.9. The van der Waals surface area contributed by atoms with Crippen LogP contribution in [0.1, 0.15) is 28.3 Å². The number of nitrogens with zero attached hydrogens (tertiary/aromatic N) is 2. The zero-order valence-corrected chi connectivity index (χ0v) is 23.0. The number of phenolic OH excluding ortho intramolecular Hbond substituents is 1. The third-order valence-electron chi connectivity index (χ3n) is 6.17. The zero-order valence-electron chi connectivity index (χ0n) is 19.9. The molecule has 0 saturated carbocycles. The first-order valence-electron chi connectivity index (χ1n) is 11.1. The highest BCUT2D eigenvalue weighted by molar-refractivity contribution is 9.10. The molecule has 1 fully saturated rings. The van der Waals surface area contributed by atoms with Gasteiger partial charge in [0.2, 0.25) is 0 Å². The van der Waals surface area contributed by atoms with E-state index in [0.717, 1.165) is 21.3 Å². The lowest BCUT2D eigenvalue weighted by atomic mass is 9.95. The van der Waals surface area contributed by atoms with Crippen molar-refractivity contribution in [3.63, 3.8) is 0 Å². The molecule has 37 heavy (non-hydrogen) atoms. The number of amides is 1. The average Bonchev–Trinajstić information content (AvgIpc) is 3.39. The Morgan fingerprint density at radius 3 is 2.51 bits per heavy atom. The highest BCUT2D eigenvalue weighted by Crippen LogP contribution is 2.47. The van der Waals surface area contributed by atoms with Crippen LogP contribution in [0.15, 0.2) is 58.6 Å². The number of aryl methyl sites for hydroxylation is 2. The molecule has 0 aliphatic carbocycles. The first-order chi connectivity index (χ1) is 17.6. The molecule has 3 aromatic carbocycles. The van der Waals surface area contributed by atoms with Gasteiger partial charge in [0, 0.05) is 10.6 Å². The molecule has 0 radical (unpaired) electrons. The van der Waals surface area contributed by atoms with E-state index >= 15 is 0 Å². The summed E-state index contributed by atoms with van der Waals surface area (Å²) >= 11 is 10.6. The first-order valence-corrected chi connectivity index (χ1v) is 13.1. The number of carbonyl (C=O) groups is 2. The summed E-state index contributed by atoms with van der Waals surface area (Å²) in [5, 5.41) is 22.4. The highest BCUT2D eigenvalue weighted by Gasteiger charge is 2.48. The number of halogens is 2. The van der Waals surface area contributed by atoms with E-state index in [-0.39, 0.29) is 22.8 Å². The van der Waals surface area contributed by atoms with Gasteiger partial charge in [0.15, 0.2) is 16.6 Å². The maximum absolute atomic E-state index is 13.5. The fourth-order valence-electron chi connectivity index (χ4n) is 4.48. The Labute approximate surface area is 229 Å². The summed E-state index contributed by atoms with van der Waals surface area (Å²) in [6.45, 7) is 3.91. The number of thiazole rings is 1. The molecule has 1 atom stereocenters. The topological polar surface area (TPSA) is 100.0 Å². The number of methoxy groups -OCH3 is 1. The number of anilines is 1. The van der Waals surface area contributed by atoms with Crippen LogP contribution in [0.25, 0.3) is 16.0 Å². The van der Waals surface area contributed by atoms with E-state index in [1.165, 1.54) is 29.4 Å². The average molecular weight is 600 g/mol. The van der Waals surface area contributed by atoms with Crippen molar-refractivity contribution < 1.29 is 24.5 Å². The van der Waals surface area contributed by atoms with Crippen LogP contribution < -0.4 is 9.64 Å². The molecule has 1 aliphatic heterocycles. The number of Topliss-reactive ketones (excluding diaryl/α,β-unsaturated/α-hetero) is 1. The molecule has 1 amide bonds. The summed E-state index contributed by atoms with van der Waals surface area (Å²) in [5.41, 5.74) is 3.37. The van der Waals surface area contributed by atoms with E-state index in [1.54, 1.807) is 30.3 Å². The van der Waals surface area contributed by atoms with Gasteiger partial charge in [-0.2, -0.15) is 0 Å². The van der Waals surface area contributed by atoms with Crippen molar-refractivity contribution in [3.8, 4) is 11.5 Å². The summed E-state index contributed by atoms with van der Waals surface area (Å²) in [6.07, 6.45) is 0. The lowest BCUT2D eigenvalue weighted by Gasteiger charge is -2.24. The fraction of sp³-hybridized carbons (Fsp3) is 0.148. The normalized spacial score (nSPS) is 17.1. The van der Waals surface area contributed by atoms with E-state index in [9.17, 15) is 19.8 Å². The largest absolute Gasteiger partial charge is 0.507 e. The number of aliphatic hydroxyl groups excluding tert-OH is 1. The smallest absolute Gasteiger partial charge is 0.301 e. The van der Waals surface area contributed by atoms with Crippen LogP contribution in [0.2, 0.25) is 5.02 Å². The van der Waals surface area contributed by atoms with Gasteiger partial charge in [-0.05, 0) is 88.9 Å². The molecule has 0 bridgehead atoms. The first kappa shape index (κ1) is 25.3. The maximum atomic E-state index is 13.5. The second kappa shape index (κ2) is 9.48. The summed E-state index contributed by atoms with van der Waals surface area (Å²) in [4.78, 5) is 33.0. The Morgan fingerprint density at radius 1 is 1.14 bits per heavy atom. The van der Waals surface area contributed by atoms with Crippen molar-refractivity contribution in [2.24, 2.45) is 0 Å². The van der Waals surface area contributed by atoms with Gasteiger partial charge in [0.1, 0.15) is 5.76 Å². The molecule has 4 aromatic rings. The molecule has 0 spiro atoms. The second-order valence-corrected chi connectivity index (χ2v) is 11.0. The molecule has 1 aromatic heterocycles. The number of aliphatic hydroxyl groups is 1. The summed E-state index contributed by atoms with van der Waals surface area (Å²) in [5.74, 6) is -2.02. The Kier molecular flexibility index (Phi) is 6.47. The Hall–Kier alpha value is -3.40. The molecule has 7 nitrogen and oxygen atoms in total. The molecule has 2 N–H and O–H groups in total. The van der Waals surface area contributed by atoms with E-state index in [0.29, 0.717) is 25.8 Å². The summed E-state index contributed by atoms with van der Waals surface area (Å²) < 4.78 is 6.49. The lowest BCUT2D eigenvalue weighted by molar-refractivity contribution is -0.132. The SMILES string of the molecule is COc1cc(C2/C(=C(\O)c3ccc(Cl)cc3)C(=O)C(=O)N2c2nc3c(C)cc(C)cc3s2)cc(Br)c1O. The number of ether oxygens (including phenoxy) is 1. The van der Waals surface area contributed by atoms with E-state index in [1.807, 2.05) is 26.0 Å². The third kappa shape index (κ3) is 4.27. The number of fused-ring (bicyclic) bond motifs is 1. The Balaban J connectivity index is 1.78. The van der Waals surface area contributed by atoms with Gasteiger partial charge in [-0.15, -0.1) is 0 Å². The summed E-state index contributed by atoms with van der Waals surface area (Å²) in [6, 6.07) is 12.4. The van der Waals surface area contributed by atoms with E-state index in [2.05, 4.69) is 15.9 Å². The maximum Gasteiger partial charge on any atom is 0.301 e. The standard InChI is InChI=1S/C27H20BrClN2O5S/c1-12-8-13(2)21-19(9-12)37-27(30-21)31-22(15-10-17(28)24(33)18(11-15)36-3)20(25(34)26(31)35)23(32)14-4-6-16(29)7-5-14/h4-11,22,32-33H,1-3H3/b23-20+. The number of hydrogen-bond acceptors (Lipinski definition) is 7. The molecule has 1 unspecified atom stereocenters. The number of carbonyl (C=O) groups excluding carboxylic acids is 2. The Bertz CT molecular complexity index is 1630. The van der Waals surface area contributed by atoms with Gasteiger partial charge in [0.05, 0.1) is 33.4 Å². The second-order valence-electron chi connectivity index (χ2n) is 8.65. The minimum atomic E-state index is -1.04. The van der Waals surface area contributed by atoms with Crippen molar-refractivity contribution in [2.75, 3.05) is 12.0 Å². The van der Waals surface area contributed by atoms with Gasteiger partial charge in [-0.25, -0.2) is 4.98 Å².